The lowest BCUT2D eigenvalue weighted by Crippen LogP contribution is -2.38. The van der Waals surface area contributed by atoms with Crippen molar-refractivity contribution in [3.05, 3.63) is 53.2 Å². The molecule has 6 heteroatoms. The number of hydrogen-bond acceptors (Lipinski definition) is 4. The third-order valence-corrected chi connectivity index (χ3v) is 5.78. The van der Waals surface area contributed by atoms with Crippen molar-refractivity contribution in [3.63, 3.8) is 0 Å². The number of aliphatic imine (C=N–C) groups is 1. The Morgan fingerprint density at radius 3 is 2.60 bits per heavy atom. The van der Waals surface area contributed by atoms with Crippen LogP contribution in [0.5, 0.6) is 5.75 Å². The van der Waals surface area contributed by atoms with Gasteiger partial charge in [-0.3, -0.25) is 4.99 Å². The highest BCUT2D eigenvalue weighted by atomic mass is 16.5. The van der Waals surface area contributed by atoms with Gasteiger partial charge in [0.1, 0.15) is 11.6 Å². The van der Waals surface area contributed by atoms with E-state index in [0.29, 0.717) is 6.54 Å². The molecule has 3 rings (SSSR count). The summed E-state index contributed by atoms with van der Waals surface area (Å²) in [5, 5.41) is 6.75. The molecule has 1 aromatic carbocycles. The van der Waals surface area contributed by atoms with Crippen LogP contribution in [0, 0.1) is 12.8 Å². The van der Waals surface area contributed by atoms with Crippen LogP contribution < -0.4 is 20.3 Å². The molecule has 1 fully saturated rings. The van der Waals surface area contributed by atoms with Crippen molar-refractivity contribution in [1.82, 2.24) is 15.6 Å². The van der Waals surface area contributed by atoms with Gasteiger partial charge < -0.3 is 20.3 Å². The lowest BCUT2D eigenvalue weighted by molar-refractivity contribution is 0.411. The summed E-state index contributed by atoms with van der Waals surface area (Å²) < 4.78 is 5.41. The van der Waals surface area contributed by atoms with E-state index in [-0.39, 0.29) is 0 Å². The molecule has 0 saturated carbocycles. The number of aryl methyl sites for hydroxylation is 1. The van der Waals surface area contributed by atoms with E-state index in [1.807, 2.05) is 6.20 Å². The van der Waals surface area contributed by atoms with Gasteiger partial charge in [-0.15, -0.1) is 0 Å². The van der Waals surface area contributed by atoms with Crippen LogP contribution in [0.1, 0.15) is 36.5 Å². The molecule has 2 heterocycles. The summed E-state index contributed by atoms with van der Waals surface area (Å²) >= 11 is 0. The second-order valence-electron chi connectivity index (χ2n) is 8.10. The molecule has 0 amide bonds. The van der Waals surface area contributed by atoms with Crippen LogP contribution in [0.2, 0.25) is 0 Å². The highest BCUT2D eigenvalue weighted by molar-refractivity contribution is 5.79. The Morgan fingerprint density at radius 2 is 1.93 bits per heavy atom. The Morgan fingerprint density at radius 1 is 1.17 bits per heavy atom. The van der Waals surface area contributed by atoms with Gasteiger partial charge in [0.05, 0.1) is 7.11 Å². The van der Waals surface area contributed by atoms with Gasteiger partial charge in [-0.25, -0.2) is 4.98 Å². The highest BCUT2D eigenvalue weighted by Gasteiger charge is 2.16. The van der Waals surface area contributed by atoms with Crippen molar-refractivity contribution in [3.8, 4) is 5.75 Å². The average Bonchev–Trinajstić information content (AvgIpc) is 2.78. The fourth-order valence-corrected chi connectivity index (χ4v) is 3.70. The number of aromatic nitrogens is 1. The number of anilines is 1. The first-order valence-corrected chi connectivity index (χ1v) is 10.9. The first-order chi connectivity index (χ1) is 14.6. The van der Waals surface area contributed by atoms with Crippen LogP contribution in [0.15, 0.2) is 41.5 Å². The Bertz CT molecular complexity index is 826. The zero-order valence-corrected chi connectivity index (χ0v) is 18.7. The summed E-state index contributed by atoms with van der Waals surface area (Å²) in [6.45, 7) is 8.10. The van der Waals surface area contributed by atoms with Crippen LogP contribution in [0.4, 0.5) is 5.82 Å². The fraction of sp³-hybridized carbons (Fsp3) is 0.500. The molecule has 0 radical (unpaired) electrons. The second kappa shape index (κ2) is 10.9. The third-order valence-electron chi connectivity index (χ3n) is 5.78. The SMILES string of the molecule is CN=C(NCCc1ccc(C)c(OC)c1)NCc1ccc(N2CCC(C)CC2)nc1. The van der Waals surface area contributed by atoms with E-state index in [1.165, 1.54) is 18.4 Å². The minimum Gasteiger partial charge on any atom is -0.496 e. The lowest BCUT2D eigenvalue weighted by Gasteiger charge is -2.31. The molecule has 1 aliphatic rings. The maximum atomic E-state index is 5.41. The van der Waals surface area contributed by atoms with Crippen molar-refractivity contribution in [2.45, 2.75) is 39.7 Å². The molecule has 162 valence electrons. The Hall–Kier alpha value is -2.76. The number of pyridine rings is 1. The fourth-order valence-electron chi connectivity index (χ4n) is 3.70. The Labute approximate surface area is 180 Å². The molecule has 1 aliphatic heterocycles. The van der Waals surface area contributed by atoms with Crippen LogP contribution in [-0.4, -0.2) is 44.7 Å². The van der Waals surface area contributed by atoms with Crippen LogP contribution >= 0.6 is 0 Å². The van der Waals surface area contributed by atoms with E-state index in [1.54, 1.807) is 14.2 Å². The summed E-state index contributed by atoms with van der Waals surface area (Å²) in [6, 6.07) is 10.6. The number of ether oxygens (including phenoxy) is 1. The number of nitrogens with zero attached hydrogens (tertiary/aromatic N) is 3. The van der Waals surface area contributed by atoms with E-state index in [4.69, 9.17) is 4.74 Å². The Balaban J connectivity index is 1.44. The molecule has 2 aromatic rings. The number of nitrogens with one attached hydrogen (secondary N) is 2. The molecule has 0 unspecified atom stereocenters. The maximum absolute atomic E-state index is 5.41. The smallest absolute Gasteiger partial charge is 0.191 e. The molecule has 1 saturated heterocycles. The number of piperidine rings is 1. The largest absolute Gasteiger partial charge is 0.496 e. The first-order valence-electron chi connectivity index (χ1n) is 10.9. The molecular formula is C24H35N5O. The van der Waals surface area contributed by atoms with Crippen molar-refractivity contribution < 1.29 is 4.74 Å². The molecule has 0 aliphatic carbocycles. The van der Waals surface area contributed by atoms with Gasteiger partial charge in [-0.1, -0.05) is 25.1 Å². The normalized spacial score (nSPS) is 15.2. The predicted molar refractivity (Wildman–Crippen MR) is 124 cm³/mol. The van der Waals surface area contributed by atoms with E-state index >= 15 is 0 Å². The van der Waals surface area contributed by atoms with Gasteiger partial charge in [-0.2, -0.15) is 0 Å². The van der Waals surface area contributed by atoms with E-state index in [2.05, 4.69) is 69.7 Å². The summed E-state index contributed by atoms with van der Waals surface area (Å²) in [4.78, 5) is 11.4. The molecule has 0 bridgehead atoms. The zero-order chi connectivity index (χ0) is 21.3. The summed E-state index contributed by atoms with van der Waals surface area (Å²) in [7, 11) is 3.51. The topological polar surface area (TPSA) is 61.8 Å². The minimum atomic E-state index is 0.697. The van der Waals surface area contributed by atoms with Gasteiger partial charge in [-0.05, 0) is 60.9 Å². The number of benzene rings is 1. The van der Waals surface area contributed by atoms with Crippen molar-refractivity contribution in [2.24, 2.45) is 10.9 Å². The van der Waals surface area contributed by atoms with E-state index in [9.17, 15) is 0 Å². The molecule has 6 nitrogen and oxygen atoms in total. The summed E-state index contributed by atoms with van der Waals surface area (Å²) in [5.41, 5.74) is 3.55. The molecule has 2 N–H and O–H groups in total. The van der Waals surface area contributed by atoms with Gasteiger partial charge in [0.2, 0.25) is 0 Å². The second-order valence-corrected chi connectivity index (χ2v) is 8.10. The molecule has 30 heavy (non-hydrogen) atoms. The molecular weight excluding hydrogens is 374 g/mol. The highest BCUT2D eigenvalue weighted by Crippen LogP contribution is 2.21. The van der Waals surface area contributed by atoms with Gasteiger partial charge in [0.25, 0.3) is 0 Å². The average molecular weight is 410 g/mol. The van der Waals surface area contributed by atoms with Crippen molar-refractivity contribution in [1.29, 1.82) is 0 Å². The zero-order valence-electron chi connectivity index (χ0n) is 18.7. The number of methoxy groups -OCH3 is 1. The molecule has 0 spiro atoms. The number of guanidine groups is 1. The van der Waals surface area contributed by atoms with E-state index < -0.39 is 0 Å². The van der Waals surface area contributed by atoms with Gasteiger partial charge in [0.15, 0.2) is 5.96 Å². The quantitative estimate of drug-likeness (QED) is 0.541. The van der Waals surface area contributed by atoms with Gasteiger partial charge >= 0.3 is 0 Å². The van der Waals surface area contributed by atoms with Crippen LogP contribution in [0.25, 0.3) is 0 Å². The molecule has 1 aromatic heterocycles. The monoisotopic (exact) mass is 409 g/mol. The van der Waals surface area contributed by atoms with Crippen molar-refractivity contribution >= 4 is 11.8 Å². The number of hydrogen-bond donors (Lipinski definition) is 2. The van der Waals surface area contributed by atoms with Crippen molar-refractivity contribution in [2.75, 3.05) is 38.7 Å². The Kier molecular flexibility index (Phi) is 7.94. The maximum Gasteiger partial charge on any atom is 0.191 e. The standard InChI is InChI=1S/C24H35N5O/c1-18-10-13-29(14-11-18)23-8-7-21(16-27-23)17-28-24(25-3)26-12-9-20-6-5-19(2)22(15-20)30-4/h5-8,15-16,18H,9-14,17H2,1-4H3,(H2,25,26,28). The van der Waals surface area contributed by atoms with E-state index in [0.717, 1.165) is 60.6 Å². The van der Waals surface area contributed by atoms with Crippen LogP contribution in [-0.2, 0) is 13.0 Å². The van der Waals surface area contributed by atoms with Gasteiger partial charge in [0, 0.05) is 39.4 Å². The summed E-state index contributed by atoms with van der Waals surface area (Å²) in [5.74, 6) is 3.65. The predicted octanol–water partition coefficient (Wildman–Crippen LogP) is 3.54. The van der Waals surface area contributed by atoms with Crippen LogP contribution in [0.3, 0.4) is 0 Å². The number of rotatable bonds is 7. The summed E-state index contributed by atoms with van der Waals surface area (Å²) in [6.07, 6.45) is 5.37. The lowest BCUT2D eigenvalue weighted by atomic mass is 9.99. The third kappa shape index (κ3) is 6.12. The minimum absolute atomic E-state index is 0.697. The molecule has 0 atom stereocenters. The first kappa shape index (κ1) is 21.9.